The highest BCUT2D eigenvalue weighted by Crippen LogP contribution is 2.38. The minimum atomic E-state index is -3.86. The van der Waals surface area contributed by atoms with E-state index in [9.17, 15) is 13.2 Å². The fourth-order valence-corrected chi connectivity index (χ4v) is 7.36. The van der Waals surface area contributed by atoms with Crippen LogP contribution in [0.15, 0.2) is 64.9 Å². The highest BCUT2D eigenvalue weighted by Gasteiger charge is 2.36. The molecule has 0 saturated carbocycles. The molecule has 0 spiro atoms. The third kappa shape index (κ3) is 5.98. The number of sulfonamides is 1. The lowest BCUT2D eigenvalue weighted by atomic mass is 9.87. The maximum atomic E-state index is 13.9. The van der Waals surface area contributed by atoms with Gasteiger partial charge in [0, 0.05) is 18.0 Å². The van der Waals surface area contributed by atoms with Crippen molar-refractivity contribution in [3.8, 4) is 5.75 Å². The van der Waals surface area contributed by atoms with Gasteiger partial charge in [0.15, 0.2) is 0 Å². The second-order valence-corrected chi connectivity index (χ2v) is 14.2. The van der Waals surface area contributed by atoms with E-state index in [0.717, 1.165) is 28.9 Å². The van der Waals surface area contributed by atoms with Crippen molar-refractivity contribution in [3.63, 3.8) is 0 Å². The molecular weight excluding hydrogens is 516 g/mol. The van der Waals surface area contributed by atoms with Crippen molar-refractivity contribution in [1.29, 1.82) is 0 Å². The molecule has 3 aromatic rings. The van der Waals surface area contributed by atoms with Crippen LogP contribution in [0.3, 0.4) is 0 Å². The third-order valence-corrected chi connectivity index (χ3v) is 9.78. The number of benzene rings is 2. The van der Waals surface area contributed by atoms with E-state index in [2.05, 4.69) is 32.2 Å². The van der Waals surface area contributed by atoms with Gasteiger partial charge in [-0.25, -0.2) is 8.42 Å². The lowest BCUT2D eigenvalue weighted by molar-refractivity contribution is -0.133. The number of fused-ring (bicyclic) bond motifs is 1. The molecule has 6 nitrogen and oxygen atoms in total. The van der Waals surface area contributed by atoms with Gasteiger partial charge in [-0.05, 0) is 70.2 Å². The van der Waals surface area contributed by atoms with Crippen LogP contribution < -0.4 is 4.74 Å². The fourth-order valence-electron chi connectivity index (χ4n) is 4.90. The first kappa shape index (κ1) is 28.3. The lowest BCUT2D eigenvalue weighted by Crippen LogP contribution is -2.47. The van der Waals surface area contributed by atoms with Crippen LogP contribution in [0.5, 0.6) is 5.75 Å². The van der Waals surface area contributed by atoms with Crippen molar-refractivity contribution >= 4 is 27.3 Å². The van der Waals surface area contributed by atoms with Crippen LogP contribution in [-0.2, 0) is 26.7 Å². The minimum Gasteiger partial charge on any atom is -0.497 e. The molecule has 0 bridgehead atoms. The van der Waals surface area contributed by atoms with Crippen LogP contribution in [0.25, 0.3) is 0 Å². The fraction of sp³-hybridized carbons (Fsp3) is 0.433. The van der Waals surface area contributed by atoms with Crippen LogP contribution >= 0.6 is 11.3 Å². The molecule has 8 heteroatoms. The molecular formula is C30H38N2O4S2. The predicted molar refractivity (Wildman–Crippen MR) is 153 cm³/mol. The van der Waals surface area contributed by atoms with E-state index in [-0.39, 0.29) is 41.3 Å². The zero-order valence-electron chi connectivity index (χ0n) is 23.1. The average Bonchev–Trinajstić information content (AvgIpc) is 3.36. The molecule has 1 amide bonds. The summed E-state index contributed by atoms with van der Waals surface area (Å²) in [6, 6.07) is 16.6. The second kappa shape index (κ2) is 11.2. The Morgan fingerprint density at radius 2 is 1.74 bits per heavy atom. The molecule has 2 aromatic carbocycles. The summed E-state index contributed by atoms with van der Waals surface area (Å²) in [4.78, 5) is 17.2. The molecule has 0 radical (unpaired) electrons. The van der Waals surface area contributed by atoms with E-state index < -0.39 is 10.0 Å². The van der Waals surface area contributed by atoms with Crippen LogP contribution in [-0.4, -0.2) is 50.3 Å². The maximum Gasteiger partial charge on any atom is 0.243 e. The molecule has 1 atom stereocenters. The Balaban J connectivity index is 1.65. The quantitative estimate of drug-likeness (QED) is 0.349. The molecule has 0 fully saturated rings. The Morgan fingerprint density at radius 3 is 2.32 bits per heavy atom. The standard InChI is InChI=1S/C30H38N2O4S2/c1-21(2)19-31(38(34,35)25-13-9-23(10-14-25)30(3,4)5)20-28(33)32-17-15-27-26(16-18-37-27)29(32)22-7-11-24(36-6)12-8-22/h7-14,16,18,21,29H,15,17,19-20H2,1-6H3. The molecule has 1 unspecified atom stereocenters. The number of rotatable bonds is 8. The molecule has 0 aliphatic carbocycles. The van der Waals surface area contributed by atoms with E-state index >= 15 is 0 Å². The maximum absolute atomic E-state index is 13.9. The van der Waals surface area contributed by atoms with Gasteiger partial charge in [-0.2, -0.15) is 4.31 Å². The number of amides is 1. The van der Waals surface area contributed by atoms with Crippen molar-refractivity contribution < 1.29 is 17.9 Å². The topological polar surface area (TPSA) is 66.9 Å². The first-order valence-electron chi connectivity index (χ1n) is 13.0. The molecule has 4 rings (SSSR count). The Labute approximate surface area is 231 Å². The van der Waals surface area contributed by atoms with E-state index in [4.69, 9.17) is 4.74 Å². The monoisotopic (exact) mass is 554 g/mol. The number of carbonyl (C=O) groups is 1. The molecule has 1 aromatic heterocycles. The van der Waals surface area contributed by atoms with Crippen molar-refractivity contribution in [1.82, 2.24) is 9.21 Å². The average molecular weight is 555 g/mol. The van der Waals surface area contributed by atoms with E-state index in [1.807, 2.05) is 55.1 Å². The van der Waals surface area contributed by atoms with Crippen LogP contribution in [0, 0.1) is 5.92 Å². The minimum absolute atomic E-state index is 0.0636. The zero-order valence-corrected chi connectivity index (χ0v) is 24.7. The molecule has 1 aliphatic rings. The van der Waals surface area contributed by atoms with Crippen LogP contribution in [0.1, 0.15) is 62.2 Å². The molecule has 204 valence electrons. The smallest absolute Gasteiger partial charge is 0.243 e. The lowest BCUT2D eigenvalue weighted by Gasteiger charge is -2.37. The molecule has 1 aliphatic heterocycles. The van der Waals surface area contributed by atoms with Crippen molar-refractivity contribution in [2.45, 2.75) is 57.4 Å². The SMILES string of the molecule is COc1ccc(C2c3ccsc3CCN2C(=O)CN(CC(C)C)S(=O)(=O)c2ccc(C(C)(C)C)cc2)cc1. The Hall–Kier alpha value is -2.68. The van der Waals surface area contributed by atoms with Gasteiger partial charge >= 0.3 is 0 Å². The van der Waals surface area contributed by atoms with Gasteiger partial charge in [0.25, 0.3) is 0 Å². The van der Waals surface area contributed by atoms with Gasteiger partial charge in [0.1, 0.15) is 5.75 Å². The van der Waals surface area contributed by atoms with Gasteiger partial charge in [0.2, 0.25) is 15.9 Å². The summed E-state index contributed by atoms with van der Waals surface area (Å²) in [5.41, 5.74) is 3.07. The first-order valence-corrected chi connectivity index (χ1v) is 15.3. The van der Waals surface area contributed by atoms with E-state index in [1.165, 1.54) is 9.18 Å². The number of carbonyl (C=O) groups excluding carboxylic acids is 1. The van der Waals surface area contributed by atoms with Crippen molar-refractivity contribution in [3.05, 3.63) is 81.5 Å². The van der Waals surface area contributed by atoms with Gasteiger partial charge < -0.3 is 9.64 Å². The highest BCUT2D eigenvalue weighted by atomic mass is 32.2. The van der Waals surface area contributed by atoms with E-state index in [1.54, 1.807) is 30.6 Å². The number of nitrogens with zero attached hydrogens (tertiary/aromatic N) is 2. The highest BCUT2D eigenvalue weighted by molar-refractivity contribution is 7.89. The van der Waals surface area contributed by atoms with Crippen LogP contribution in [0.2, 0.25) is 0 Å². The number of thiophene rings is 1. The normalized spacial score (nSPS) is 16.1. The largest absolute Gasteiger partial charge is 0.497 e. The summed E-state index contributed by atoms with van der Waals surface area (Å²) < 4.78 is 34.2. The van der Waals surface area contributed by atoms with E-state index in [0.29, 0.717) is 6.54 Å². The summed E-state index contributed by atoms with van der Waals surface area (Å²) in [6.07, 6.45) is 0.761. The summed E-state index contributed by atoms with van der Waals surface area (Å²) in [5, 5.41) is 2.06. The number of hydrogen-bond donors (Lipinski definition) is 0. The number of ether oxygens (including phenoxy) is 1. The molecule has 0 saturated heterocycles. The van der Waals surface area contributed by atoms with Crippen molar-refractivity contribution in [2.75, 3.05) is 26.7 Å². The van der Waals surface area contributed by atoms with Crippen LogP contribution in [0.4, 0.5) is 0 Å². The van der Waals surface area contributed by atoms with Gasteiger partial charge in [-0.15, -0.1) is 11.3 Å². The summed E-state index contributed by atoms with van der Waals surface area (Å²) >= 11 is 1.70. The molecule has 38 heavy (non-hydrogen) atoms. The van der Waals surface area contributed by atoms with Crippen molar-refractivity contribution in [2.24, 2.45) is 5.92 Å². The summed E-state index contributed by atoms with van der Waals surface area (Å²) in [5.74, 6) is 0.617. The summed E-state index contributed by atoms with van der Waals surface area (Å²) in [6.45, 7) is 10.8. The number of hydrogen-bond acceptors (Lipinski definition) is 5. The van der Waals surface area contributed by atoms with Gasteiger partial charge in [0.05, 0.1) is 24.6 Å². The second-order valence-electron chi connectivity index (χ2n) is 11.3. The Kier molecular flexibility index (Phi) is 8.35. The first-order chi connectivity index (χ1) is 17.9. The van der Waals surface area contributed by atoms with Gasteiger partial charge in [-0.1, -0.05) is 58.9 Å². The Bertz CT molecular complexity index is 1350. The number of methoxy groups -OCH3 is 1. The molecule has 2 heterocycles. The molecule has 0 N–H and O–H groups in total. The Morgan fingerprint density at radius 1 is 1.08 bits per heavy atom. The third-order valence-electron chi connectivity index (χ3n) is 6.96. The van der Waals surface area contributed by atoms with Gasteiger partial charge in [-0.3, -0.25) is 4.79 Å². The zero-order chi connectivity index (χ0) is 27.7. The summed E-state index contributed by atoms with van der Waals surface area (Å²) in [7, 11) is -2.23. The predicted octanol–water partition coefficient (Wildman–Crippen LogP) is 5.88.